The summed E-state index contributed by atoms with van der Waals surface area (Å²) in [6, 6.07) is 13.7. The average molecular weight is 360 g/mol. The molecule has 0 N–H and O–H groups in total. The van der Waals surface area contributed by atoms with E-state index in [2.05, 4.69) is 9.98 Å². The molecule has 0 aromatic heterocycles. The topological polar surface area (TPSA) is 102 Å². The highest BCUT2D eigenvalue weighted by Gasteiger charge is 2.33. The zero-order valence-electron chi connectivity index (χ0n) is 14.0. The van der Waals surface area contributed by atoms with E-state index in [0.29, 0.717) is 22.5 Å². The highest BCUT2D eigenvalue weighted by Crippen LogP contribution is 2.25. The van der Waals surface area contributed by atoms with Gasteiger partial charge < -0.3 is 4.74 Å². The summed E-state index contributed by atoms with van der Waals surface area (Å²) in [4.78, 5) is 56.8. The Labute approximate surface area is 153 Å². The standard InChI is InChI=1S/C20H12N2O5/c23-15-9-11-5-1-3-7-13(11)21-17(15)19(25)27-20(26)18-16(24)10-12-6-2-4-8-14(12)22-18/h1-8H,9-10H2. The molecule has 0 saturated carbocycles. The number of carbonyl (C=O) groups excluding carboxylic acids is 4. The predicted molar refractivity (Wildman–Crippen MR) is 95.6 cm³/mol. The summed E-state index contributed by atoms with van der Waals surface area (Å²) in [7, 11) is 0. The van der Waals surface area contributed by atoms with Gasteiger partial charge in [-0.3, -0.25) is 9.59 Å². The first-order chi connectivity index (χ1) is 13.0. The minimum absolute atomic E-state index is 0.00838. The molecule has 2 heterocycles. The number of nitrogens with zero attached hydrogens (tertiary/aromatic N) is 2. The fourth-order valence-electron chi connectivity index (χ4n) is 2.92. The number of rotatable bonds is 2. The lowest BCUT2D eigenvalue weighted by Crippen LogP contribution is -2.36. The largest absolute Gasteiger partial charge is 0.383 e. The van der Waals surface area contributed by atoms with Crippen LogP contribution in [0.25, 0.3) is 0 Å². The summed E-state index contributed by atoms with van der Waals surface area (Å²) >= 11 is 0. The molecule has 0 radical (unpaired) electrons. The molecule has 0 aliphatic carbocycles. The summed E-state index contributed by atoms with van der Waals surface area (Å²) in [6.45, 7) is 0. The van der Waals surface area contributed by atoms with E-state index >= 15 is 0 Å². The van der Waals surface area contributed by atoms with Crippen molar-refractivity contribution in [1.29, 1.82) is 0 Å². The zero-order valence-corrected chi connectivity index (χ0v) is 14.0. The highest BCUT2D eigenvalue weighted by atomic mass is 16.6. The summed E-state index contributed by atoms with van der Waals surface area (Å²) in [5, 5.41) is 0. The molecule has 4 rings (SSSR count). The van der Waals surface area contributed by atoms with Crippen molar-refractivity contribution >= 4 is 46.3 Å². The molecule has 7 heteroatoms. The third-order valence-corrected chi connectivity index (χ3v) is 4.25. The minimum atomic E-state index is -1.19. The van der Waals surface area contributed by atoms with Gasteiger partial charge in [0.05, 0.1) is 11.4 Å². The lowest BCUT2D eigenvalue weighted by molar-refractivity contribution is -0.150. The molecule has 0 bridgehead atoms. The van der Waals surface area contributed by atoms with E-state index in [4.69, 9.17) is 4.74 Å². The molecule has 2 aromatic carbocycles. The van der Waals surface area contributed by atoms with Crippen molar-refractivity contribution in [1.82, 2.24) is 0 Å². The van der Waals surface area contributed by atoms with Gasteiger partial charge in [-0.05, 0) is 23.3 Å². The third kappa shape index (κ3) is 3.10. The Hall–Kier alpha value is -3.74. The Morgan fingerprint density at radius 3 is 1.56 bits per heavy atom. The number of hydrogen-bond donors (Lipinski definition) is 0. The number of aliphatic imine (C=N–C) groups is 2. The second-order valence-electron chi connectivity index (χ2n) is 6.06. The van der Waals surface area contributed by atoms with Gasteiger partial charge in [0.15, 0.2) is 23.0 Å². The van der Waals surface area contributed by atoms with Crippen LogP contribution in [-0.4, -0.2) is 34.9 Å². The van der Waals surface area contributed by atoms with Crippen molar-refractivity contribution in [2.24, 2.45) is 9.98 Å². The third-order valence-electron chi connectivity index (χ3n) is 4.25. The number of carbonyl (C=O) groups is 4. The maximum Gasteiger partial charge on any atom is 0.368 e. The van der Waals surface area contributed by atoms with E-state index in [9.17, 15) is 19.2 Å². The van der Waals surface area contributed by atoms with E-state index in [-0.39, 0.29) is 12.8 Å². The van der Waals surface area contributed by atoms with E-state index in [0.717, 1.165) is 0 Å². The monoisotopic (exact) mass is 360 g/mol. The van der Waals surface area contributed by atoms with Crippen LogP contribution in [0.3, 0.4) is 0 Å². The molecule has 0 amide bonds. The molecular formula is C20H12N2O5. The number of ketones is 2. The van der Waals surface area contributed by atoms with E-state index in [1.54, 1.807) is 48.5 Å². The van der Waals surface area contributed by atoms with Gasteiger partial charge in [-0.25, -0.2) is 19.6 Å². The van der Waals surface area contributed by atoms with E-state index in [1.165, 1.54) is 0 Å². The smallest absolute Gasteiger partial charge is 0.368 e. The zero-order chi connectivity index (χ0) is 19.0. The molecule has 7 nitrogen and oxygen atoms in total. The van der Waals surface area contributed by atoms with Crippen molar-refractivity contribution < 1.29 is 23.9 Å². The van der Waals surface area contributed by atoms with Crippen molar-refractivity contribution in [3.8, 4) is 0 Å². The molecule has 0 fully saturated rings. The van der Waals surface area contributed by atoms with Gasteiger partial charge in [0.2, 0.25) is 0 Å². The van der Waals surface area contributed by atoms with Crippen LogP contribution in [0, 0.1) is 0 Å². The molecule has 0 unspecified atom stereocenters. The van der Waals surface area contributed by atoms with Crippen LogP contribution < -0.4 is 0 Å². The number of Topliss-reactive ketones (excluding diaryl/α,β-unsaturated/α-hetero) is 2. The summed E-state index contributed by atoms with van der Waals surface area (Å²) in [6.07, 6.45) is -0.0168. The average Bonchev–Trinajstić information content (AvgIpc) is 2.66. The van der Waals surface area contributed by atoms with E-state index in [1.807, 2.05) is 0 Å². The predicted octanol–water partition coefficient (Wildman–Crippen LogP) is 1.85. The summed E-state index contributed by atoms with van der Waals surface area (Å²) < 4.78 is 4.72. The molecule has 27 heavy (non-hydrogen) atoms. The number of para-hydroxylation sites is 2. The number of esters is 2. The van der Waals surface area contributed by atoms with E-state index < -0.39 is 34.9 Å². The minimum Gasteiger partial charge on any atom is -0.383 e. The van der Waals surface area contributed by atoms with Gasteiger partial charge >= 0.3 is 11.9 Å². The Balaban J connectivity index is 1.58. The van der Waals surface area contributed by atoms with Crippen molar-refractivity contribution in [3.63, 3.8) is 0 Å². The van der Waals surface area contributed by atoms with Crippen LogP contribution in [0.1, 0.15) is 11.1 Å². The Bertz CT molecular complexity index is 996. The highest BCUT2D eigenvalue weighted by molar-refractivity contribution is 6.70. The molecule has 0 spiro atoms. The number of benzene rings is 2. The molecule has 0 saturated heterocycles. The lowest BCUT2D eigenvalue weighted by atomic mass is 10.00. The number of ether oxygens (including phenoxy) is 1. The molecule has 2 aliphatic rings. The molecule has 132 valence electrons. The first kappa shape index (κ1) is 16.7. The fourth-order valence-corrected chi connectivity index (χ4v) is 2.92. The summed E-state index contributed by atoms with van der Waals surface area (Å²) in [5.74, 6) is -3.47. The van der Waals surface area contributed by atoms with Crippen LogP contribution in [0.15, 0.2) is 58.5 Å². The van der Waals surface area contributed by atoms with Crippen molar-refractivity contribution in [2.45, 2.75) is 12.8 Å². The Morgan fingerprint density at radius 1 is 0.704 bits per heavy atom. The Kier molecular flexibility index (Phi) is 4.04. The van der Waals surface area contributed by atoms with Gasteiger partial charge in [0.1, 0.15) is 0 Å². The number of fused-ring (bicyclic) bond motifs is 2. The van der Waals surface area contributed by atoms with Crippen LogP contribution in [0.2, 0.25) is 0 Å². The maximum atomic E-state index is 12.3. The second-order valence-corrected chi connectivity index (χ2v) is 6.06. The number of hydrogen-bond acceptors (Lipinski definition) is 7. The van der Waals surface area contributed by atoms with Gasteiger partial charge in [0.25, 0.3) is 0 Å². The molecule has 0 atom stereocenters. The summed E-state index contributed by atoms with van der Waals surface area (Å²) in [5.41, 5.74) is 1.38. The van der Waals surface area contributed by atoms with Crippen molar-refractivity contribution in [2.75, 3.05) is 0 Å². The first-order valence-corrected chi connectivity index (χ1v) is 8.19. The first-order valence-electron chi connectivity index (χ1n) is 8.19. The quantitative estimate of drug-likeness (QED) is 0.601. The maximum absolute atomic E-state index is 12.3. The van der Waals surface area contributed by atoms with Gasteiger partial charge in [0, 0.05) is 12.8 Å². The van der Waals surface area contributed by atoms with Crippen LogP contribution >= 0.6 is 0 Å². The van der Waals surface area contributed by atoms with Crippen LogP contribution in [-0.2, 0) is 36.8 Å². The van der Waals surface area contributed by atoms with Gasteiger partial charge in [-0.1, -0.05) is 36.4 Å². The van der Waals surface area contributed by atoms with Crippen molar-refractivity contribution in [3.05, 3.63) is 59.7 Å². The molecule has 2 aromatic rings. The van der Waals surface area contributed by atoms with Crippen LogP contribution in [0.5, 0.6) is 0 Å². The second kappa shape index (κ2) is 6.53. The molecule has 2 aliphatic heterocycles. The SMILES string of the molecule is O=C1Cc2ccccc2N=C1C(=O)OC(=O)C1=Nc2ccccc2CC1=O. The molecular weight excluding hydrogens is 348 g/mol. The normalized spacial score (nSPS) is 15.3. The van der Waals surface area contributed by atoms with Crippen LogP contribution in [0.4, 0.5) is 11.4 Å². The van der Waals surface area contributed by atoms with Gasteiger partial charge in [-0.15, -0.1) is 0 Å². The Morgan fingerprint density at radius 2 is 1.11 bits per heavy atom. The fraction of sp³-hybridized carbons (Fsp3) is 0.100. The van der Waals surface area contributed by atoms with Gasteiger partial charge in [-0.2, -0.15) is 0 Å². The lowest BCUT2D eigenvalue weighted by Gasteiger charge is -2.15.